The predicted molar refractivity (Wildman–Crippen MR) is 111 cm³/mol. The van der Waals surface area contributed by atoms with Crippen LogP contribution in [0.2, 0.25) is 0 Å². The van der Waals surface area contributed by atoms with Crippen LogP contribution in [0.25, 0.3) is 0 Å². The Morgan fingerprint density at radius 2 is 1.73 bits per heavy atom. The molecule has 1 unspecified atom stereocenters. The summed E-state index contributed by atoms with van der Waals surface area (Å²) in [5.74, 6) is 1.49. The van der Waals surface area contributed by atoms with Gasteiger partial charge in [-0.2, -0.15) is 0 Å². The van der Waals surface area contributed by atoms with Gasteiger partial charge in [0.25, 0.3) is 0 Å². The van der Waals surface area contributed by atoms with Gasteiger partial charge in [-0.1, -0.05) is 6.07 Å². The van der Waals surface area contributed by atoms with E-state index in [1.165, 1.54) is 21.3 Å². The standard InChI is InChI=1S/C22H26N2O6/c1-27-17-7-5-6-16(11-17)24-13-15(10-20(24)25)22(26)23-12-14-8-18(28-2)21(30-4)19(9-14)29-3/h5-9,11,15H,10,12-13H2,1-4H3,(H,23,26). The summed E-state index contributed by atoms with van der Waals surface area (Å²) in [6.07, 6.45) is 0.165. The number of hydrogen-bond donors (Lipinski definition) is 1. The number of methoxy groups -OCH3 is 4. The van der Waals surface area contributed by atoms with Gasteiger partial charge in [-0.05, 0) is 29.8 Å². The predicted octanol–water partition coefficient (Wildman–Crippen LogP) is 2.39. The molecule has 8 heteroatoms. The number of rotatable bonds is 8. The Balaban J connectivity index is 1.66. The second-order valence-electron chi connectivity index (χ2n) is 6.86. The van der Waals surface area contributed by atoms with Crippen molar-refractivity contribution in [2.24, 2.45) is 5.92 Å². The number of hydrogen-bond acceptors (Lipinski definition) is 6. The van der Waals surface area contributed by atoms with Crippen molar-refractivity contribution < 1.29 is 28.5 Å². The van der Waals surface area contributed by atoms with Gasteiger partial charge in [0.15, 0.2) is 11.5 Å². The fourth-order valence-corrected chi connectivity index (χ4v) is 3.48. The molecule has 2 aromatic rings. The van der Waals surface area contributed by atoms with Crippen LogP contribution in [0.4, 0.5) is 5.69 Å². The van der Waals surface area contributed by atoms with Crippen LogP contribution in [0, 0.1) is 5.92 Å². The number of nitrogens with one attached hydrogen (secondary N) is 1. The first-order valence-electron chi connectivity index (χ1n) is 9.51. The van der Waals surface area contributed by atoms with Crippen molar-refractivity contribution in [1.82, 2.24) is 5.32 Å². The Morgan fingerprint density at radius 3 is 2.33 bits per heavy atom. The van der Waals surface area contributed by atoms with Crippen LogP contribution in [-0.2, 0) is 16.1 Å². The summed E-state index contributed by atoms with van der Waals surface area (Å²) in [6.45, 7) is 0.604. The molecule has 2 amide bonds. The van der Waals surface area contributed by atoms with Crippen LogP contribution in [0.3, 0.4) is 0 Å². The lowest BCUT2D eigenvalue weighted by atomic mass is 10.1. The third kappa shape index (κ3) is 4.42. The van der Waals surface area contributed by atoms with E-state index in [4.69, 9.17) is 18.9 Å². The third-order valence-corrected chi connectivity index (χ3v) is 5.05. The second-order valence-corrected chi connectivity index (χ2v) is 6.86. The van der Waals surface area contributed by atoms with Crippen LogP contribution in [-0.4, -0.2) is 46.8 Å². The molecule has 1 aliphatic heterocycles. The van der Waals surface area contributed by atoms with E-state index in [-0.39, 0.29) is 24.8 Å². The van der Waals surface area contributed by atoms with Gasteiger partial charge in [0.05, 0.1) is 34.4 Å². The van der Waals surface area contributed by atoms with Gasteiger partial charge in [-0.15, -0.1) is 0 Å². The average molecular weight is 414 g/mol. The van der Waals surface area contributed by atoms with Crippen LogP contribution in [0.15, 0.2) is 36.4 Å². The molecule has 0 saturated carbocycles. The van der Waals surface area contributed by atoms with E-state index in [1.807, 2.05) is 18.2 Å². The quantitative estimate of drug-likeness (QED) is 0.714. The van der Waals surface area contributed by atoms with Crippen molar-refractivity contribution >= 4 is 17.5 Å². The lowest BCUT2D eigenvalue weighted by molar-refractivity contribution is -0.126. The van der Waals surface area contributed by atoms with Gasteiger partial charge in [0, 0.05) is 31.3 Å². The molecular weight excluding hydrogens is 388 g/mol. The van der Waals surface area contributed by atoms with Crippen molar-refractivity contribution in [1.29, 1.82) is 0 Å². The highest BCUT2D eigenvalue weighted by atomic mass is 16.5. The minimum Gasteiger partial charge on any atom is -0.497 e. The number of nitrogens with zero attached hydrogens (tertiary/aromatic N) is 1. The SMILES string of the molecule is COc1cccc(N2CC(C(=O)NCc3cc(OC)c(OC)c(OC)c3)CC2=O)c1. The van der Waals surface area contributed by atoms with E-state index < -0.39 is 5.92 Å². The summed E-state index contributed by atoms with van der Waals surface area (Å²) in [5, 5.41) is 2.90. The maximum absolute atomic E-state index is 12.7. The molecule has 8 nitrogen and oxygen atoms in total. The second kappa shape index (κ2) is 9.39. The van der Waals surface area contributed by atoms with Crippen molar-refractivity contribution in [3.05, 3.63) is 42.0 Å². The molecule has 30 heavy (non-hydrogen) atoms. The average Bonchev–Trinajstić information content (AvgIpc) is 3.18. The number of benzene rings is 2. The van der Waals surface area contributed by atoms with E-state index in [0.29, 0.717) is 29.5 Å². The molecule has 0 bridgehead atoms. The number of carbonyl (C=O) groups is 2. The smallest absolute Gasteiger partial charge is 0.227 e. The van der Waals surface area contributed by atoms with E-state index in [9.17, 15) is 9.59 Å². The molecular formula is C22H26N2O6. The fourth-order valence-electron chi connectivity index (χ4n) is 3.48. The monoisotopic (exact) mass is 414 g/mol. The Kier molecular flexibility index (Phi) is 6.66. The lowest BCUT2D eigenvalue weighted by Gasteiger charge is -2.18. The Bertz CT molecular complexity index is 905. The van der Waals surface area contributed by atoms with Gasteiger partial charge in [0.1, 0.15) is 5.75 Å². The summed E-state index contributed by atoms with van der Waals surface area (Å²) >= 11 is 0. The molecule has 0 spiro atoms. The zero-order valence-corrected chi connectivity index (χ0v) is 17.6. The van der Waals surface area contributed by atoms with Gasteiger partial charge < -0.3 is 29.2 Å². The summed E-state index contributed by atoms with van der Waals surface area (Å²) in [7, 11) is 6.19. The molecule has 0 aromatic heterocycles. The molecule has 0 aliphatic carbocycles. The molecule has 1 N–H and O–H groups in total. The third-order valence-electron chi connectivity index (χ3n) is 5.05. The first-order chi connectivity index (χ1) is 14.5. The Labute approximate surface area is 175 Å². The molecule has 1 heterocycles. The van der Waals surface area contributed by atoms with Crippen molar-refractivity contribution in [3.63, 3.8) is 0 Å². The molecule has 0 radical (unpaired) electrons. The largest absolute Gasteiger partial charge is 0.497 e. The zero-order valence-electron chi connectivity index (χ0n) is 17.6. The van der Waals surface area contributed by atoms with Crippen LogP contribution >= 0.6 is 0 Å². The molecule has 1 atom stereocenters. The summed E-state index contributed by atoms with van der Waals surface area (Å²) in [4.78, 5) is 26.8. The Hall–Kier alpha value is -3.42. The number of carbonyl (C=O) groups excluding carboxylic acids is 2. The van der Waals surface area contributed by atoms with Crippen LogP contribution < -0.4 is 29.2 Å². The summed E-state index contributed by atoms with van der Waals surface area (Å²) < 4.78 is 21.2. The molecule has 160 valence electrons. The highest BCUT2D eigenvalue weighted by Gasteiger charge is 2.35. The van der Waals surface area contributed by atoms with Crippen LogP contribution in [0.5, 0.6) is 23.0 Å². The maximum Gasteiger partial charge on any atom is 0.227 e. The highest BCUT2D eigenvalue weighted by molar-refractivity contribution is 6.00. The first-order valence-corrected chi connectivity index (χ1v) is 9.51. The minimum absolute atomic E-state index is 0.0869. The first kappa shape index (κ1) is 21.3. The van der Waals surface area contributed by atoms with Crippen molar-refractivity contribution in [3.8, 4) is 23.0 Å². The van der Waals surface area contributed by atoms with Gasteiger partial charge in [-0.3, -0.25) is 9.59 Å². The molecule has 1 aliphatic rings. The number of anilines is 1. The van der Waals surface area contributed by atoms with Gasteiger partial charge in [0.2, 0.25) is 17.6 Å². The molecule has 3 rings (SSSR count). The summed E-state index contributed by atoms with van der Waals surface area (Å²) in [5.41, 5.74) is 1.52. The van der Waals surface area contributed by atoms with Crippen molar-refractivity contribution in [2.75, 3.05) is 39.9 Å². The maximum atomic E-state index is 12.7. The van der Waals surface area contributed by atoms with Crippen LogP contribution in [0.1, 0.15) is 12.0 Å². The van der Waals surface area contributed by atoms with E-state index in [2.05, 4.69) is 5.32 Å². The van der Waals surface area contributed by atoms with E-state index in [1.54, 1.807) is 30.2 Å². The molecule has 1 saturated heterocycles. The van der Waals surface area contributed by atoms with E-state index >= 15 is 0 Å². The Morgan fingerprint density at radius 1 is 1.03 bits per heavy atom. The van der Waals surface area contributed by atoms with Gasteiger partial charge in [-0.25, -0.2) is 0 Å². The number of amides is 2. The minimum atomic E-state index is -0.425. The highest BCUT2D eigenvalue weighted by Crippen LogP contribution is 2.38. The van der Waals surface area contributed by atoms with Crippen molar-refractivity contribution in [2.45, 2.75) is 13.0 Å². The fraction of sp³-hybridized carbons (Fsp3) is 0.364. The topological polar surface area (TPSA) is 86.3 Å². The molecule has 2 aromatic carbocycles. The lowest BCUT2D eigenvalue weighted by Crippen LogP contribution is -2.32. The zero-order chi connectivity index (χ0) is 21.7. The summed E-state index contributed by atoms with van der Waals surface area (Å²) in [6, 6.07) is 10.8. The normalized spacial score (nSPS) is 15.7. The van der Waals surface area contributed by atoms with E-state index in [0.717, 1.165) is 11.3 Å². The van der Waals surface area contributed by atoms with Gasteiger partial charge >= 0.3 is 0 Å². The number of ether oxygens (including phenoxy) is 4. The molecule has 1 fully saturated rings.